The molecule has 1 aliphatic heterocycles. The highest BCUT2D eigenvalue weighted by Crippen LogP contribution is 2.24. The number of hydrogen-bond donors (Lipinski definition) is 0. The van der Waals surface area contributed by atoms with Crippen LogP contribution in [0.5, 0.6) is 0 Å². The van der Waals surface area contributed by atoms with Gasteiger partial charge in [0.05, 0.1) is 11.7 Å². The van der Waals surface area contributed by atoms with E-state index in [0.29, 0.717) is 31.7 Å². The van der Waals surface area contributed by atoms with Gasteiger partial charge in [-0.15, -0.1) is 10.2 Å². The Morgan fingerprint density at radius 3 is 2.12 bits per heavy atom. The van der Waals surface area contributed by atoms with Gasteiger partial charge in [-0.25, -0.2) is 0 Å². The summed E-state index contributed by atoms with van der Waals surface area (Å²) in [5.41, 5.74) is 5.59. The Bertz CT molecular complexity index is 1450. The zero-order valence-corrected chi connectivity index (χ0v) is 23.3. The van der Waals surface area contributed by atoms with Crippen LogP contribution in [-0.2, 0) is 4.79 Å². The van der Waals surface area contributed by atoms with Gasteiger partial charge in [-0.3, -0.25) is 9.59 Å². The predicted molar refractivity (Wildman–Crippen MR) is 158 cm³/mol. The molecule has 0 spiro atoms. The predicted octanol–water partition coefficient (Wildman–Crippen LogP) is 5.31. The van der Waals surface area contributed by atoms with Crippen LogP contribution < -0.4 is 4.90 Å². The molecule has 2 heterocycles. The van der Waals surface area contributed by atoms with Gasteiger partial charge in [0.2, 0.25) is 5.91 Å². The van der Waals surface area contributed by atoms with Crippen molar-refractivity contribution in [1.82, 2.24) is 20.0 Å². The summed E-state index contributed by atoms with van der Waals surface area (Å²) in [5, 5.41) is 8.90. The van der Waals surface area contributed by atoms with E-state index in [4.69, 9.17) is 0 Å². The van der Waals surface area contributed by atoms with E-state index in [9.17, 15) is 9.59 Å². The summed E-state index contributed by atoms with van der Waals surface area (Å²) in [7, 11) is 0. The third-order valence-corrected chi connectivity index (χ3v) is 7.65. The Kier molecular flexibility index (Phi) is 8.20. The first-order valence-corrected chi connectivity index (χ1v) is 13.8. The van der Waals surface area contributed by atoms with Gasteiger partial charge in [0.25, 0.3) is 5.91 Å². The Hall–Kier alpha value is -4.52. The van der Waals surface area contributed by atoms with Crippen LogP contribution in [0, 0.1) is 13.8 Å². The first-order valence-electron chi connectivity index (χ1n) is 13.8. The number of piperazine rings is 1. The van der Waals surface area contributed by atoms with Crippen LogP contribution in [0.3, 0.4) is 0 Å². The van der Waals surface area contributed by atoms with Crippen LogP contribution in [0.4, 0.5) is 5.82 Å². The first-order chi connectivity index (χ1) is 19.4. The topological polar surface area (TPSA) is 69.6 Å². The van der Waals surface area contributed by atoms with Gasteiger partial charge in [0.15, 0.2) is 5.82 Å². The van der Waals surface area contributed by atoms with E-state index in [2.05, 4.69) is 46.3 Å². The first kappa shape index (κ1) is 27.1. The molecular formula is C33H35N5O2. The minimum Gasteiger partial charge on any atom is -0.352 e. The molecule has 5 rings (SSSR count). The smallest absolute Gasteiger partial charge is 0.255 e. The summed E-state index contributed by atoms with van der Waals surface area (Å²) >= 11 is 0. The molecule has 0 saturated carbocycles. The van der Waals surface area contributed by atoms with Crippen molar-refractivity contribution in [3.63, 3.8) is 0 Å². The summed E-state index contributed by atoms with van der Waals surface area (Å²) in [6.07, 6.45) is 0. The number of benzene rings is 3. The van der Waals surface area contributed by atoms with E-state index in [0.717, 1.165) is 28.2 Å². The number of aryl methyl sites for hydroxylation is 2. The van der Waals surface area contributed by atoms with Crippen LogP contribution in [-0.4, -0.2) is 64.5 Å². The molecule has 1 fully saturated rings. The molecule has 3 aromatic carbocycles. The molecule has 7 heteroatoms. The van der Waals surface area contributed by atoms with Crippen LogP contribution >= 0.6 is 0 Å². The molecule has 0 unspecified atom stereocenters. The lowest BCUT2D eigenvalue weighted by atomic mass is 10.0. The second-order valence-corrected chi connectivity index (χ2v) is 10.3. The largest absolute Gasteiger partial charge is 0.352 e. The molecule has 2 amide bonds. The van der Waals surface area contributed by atoms with Gasteiger partial charge in [-0.2, -0.15) is 0 Å². The van der Waals surface area contributed by atoms with Crippen molar-refractivity contribution in [3.05, 3.63) is 113 Å². The molecule has 1 atom stereocenters. The Morgan fingerprint density at radius 2 is 1.48 bits per heavy atom. The fourth-order valence-corrected chi connectivity index (χ4v) is 5.07. The fraction of sp³-hybridized carbons (Fsp3) is 0.273. The quantitative estimate of drug-likeness (QED) is 0.322. The molecule has 0 aliphatic carbocycles. The van der Waals surface area contributed by atoms with E-state index in [1.165, 1.54) is 5.56 Å². The maximum absolute atomic E-state index is 13.7. The van der Waals surface area contributed by atoms with E-state index in [-0.39, 0.29) is 24.4 Å². The molecule has 204 valence electrons. The Morgan fingerprint density at radius 1 is 0.800 bits per heavy atom. The third kappa shape index (κ3) is 6.04. The fourth-order valence-electron chi connectivity index (χ4n) is 5.07. The van der Waals surface area contributed by atoms with Crippen LogP contribution in [0.25, 0.3) is 11.3 Å². The van der Waals surface area contributed by atoms with Crippen molar-refractivity contribution in [2.24, 2.45) is 0 Å². The van der Waals surface area contributed by atoms with Crippen LogP contribution in [0.2, 0.25) is 0 Å². The van der Waals surface area contributed by atoms with Gasteiger partial charge >= 0.3 is 0 Å². The second-order valence-electron chi connectivity index (χ2n) is 10.3. The van der Waals surface area contributed by atoms with Crippen molar-refractivity contribution in [2.45, 2.75) is 26.8 Å². The third-order valence-electron chi connectivity index (χ3n) is 7.65. The van der Waals surface area contributed by atoms with Crippen LogP contribution in [0.15, 0.2) is 91.0 Å². The summed E-state index contributed by atoms with van der Waals surface area (Å²) in [5.74, 6) is 0.618. The molecular weight excluding hydrogens is 498 g/mol. The lowest BCUT2D eigenvalue weighted by Crippen LogP contribution is -2.52. The second kappa shape index (κ2) is 12.1. The lowest BCUT2D eigenvalue weighted by Gasteiger charge is -2.37. The van der Waals surface area contributed by atoms with Crippen LogP contribution in [0.1, 0.15) is 40.0 Å². The number of aromatic nitrogens is 2. The number of carbonyl (C=O) groups excluding carboxylic acids is 2. The maximum atomic E-state index is 13.7. The molecule has 0 radical (unpaired) electrons. The maximum Gasteiger partial charge on any atom is 0.255 e. The SMILES string of the molecule is Cc1ccc(-c2ccc(N3CCN(C(=O)CN(C(=O)c4ccccc4C)[C@H](C)c4ccccc4)CC3)nn2)cc1. The zero-order valence-electron chi connectivity index (χ0n) is 23.3. The average Bonchev–Trinajstić information content (AvgIpc) is 3.00. The average molecular weight is 534 g/mol. The number of hydrogen-bond acceptors (Lipinski definition) is 5. The molecule has 40 heavy (non-hydrogen) atoms. The molecule has 1 aromatic heterocycles. The standard InChI is InChI=1S/C33H35N5O2/c1-24-13-15-28(16-14-24)30-17-18-31(35-34-30)36-19-21-37(22-20-36)32(39)23-38(26(3)27-10-5-4-6-11-27)33(40)29-12-8-7-9-25(29)2/h4-18,26H,19-23H2,1-3H3/t26-/m1/s1. The monoisotopic (exact) mass is 533 g/mol. The summed E-state index contributed by atoms with van der Waals surface area (Å²) < 4.78 is 0. The van der Waals surface area contributed by atoms with E-state index >= 15 is 0 Å². The number of rotatable bonds is 7. The van der Waals surface area contributed by atoms with Crippen molar-refractivity contribution < 1.29 is 9.59 Å². The van der Waals surface area contributed by atoms with Gasteiger partial charge in [0, 0.05) is 37.3 Å². The minimum atomic E-state index is -0.249. The Balaban J connectivity index is 1.25. The lowest BCUT2D eigenvalue weighted by molar-refractivity contribution is -0.132. The van der Waals surface area contributed by atoms with E-state index in [1.807, 2.05) is 85.5 Å². The molecule has 0 bridgehead atoms. The number of anilines is 1. The number of carbonyl (C=O) groups is 2. The molecule has 7 nitrogen and oxygen atoms in total. The highest BCUT2D eigenvalue weighted by molar-refractivity contribution is 5.98. The summed E-state index contributed by atoms with van der Waals surface area (Å²) in [6, 6.07) is 29.4. The van der Waals surface area contributed by atoms with Crippen molar-refractivity contribution in [3.8, 4) is 11.3 Å². The molecule has 1 aliphatic rings. The summed E-state index contributed by atoms with van der Waals surface area (Å²) in [6.45, 7) is 8.43. The van der Waals surface area contributed by atoms with Gasteiger partial charge < -0.3 is 14.7 Å². The minimum absolute atomic E-state index is 0.0221. The van der Waals surface area contributed by atoms with Gasteiger partial charge in [-0.1, -0.05) is 78.4 Å². The summed E-state index contributed by atoms with van der Waals surface area (Å²) in [4.78, 5) is 32.9. The highest BCUT2D eigenvalue weighted by Gasteiger charge is 2.29. The molecule has 0 N–H and O–H groups in total. The van der Waals surface area contributed by atoms with E-state index < -0.39 is 0 Å². The normalized spacial score (nSPS) is 14.1. The van der Waals surface area contributed by atoms with Gasteiger partial charge in [0.1, 0.15) is 6.54 Å². The number of nitrogens with zero attached hydrogens (tertiary/aromatic N) is 5. The van der Waals surface area contributed by atoms with Crippen molar-refractivity contribution >= 4 is 17.6 Å². The van der Waals surface area contributed by atoms with Crippen molar-refractivity contribution in [2.75, 3.05) is 37.6 Å². The Labute approximate surface area is 236 Å². The molecule has 4 aromatic rings. The zero-order chi connectivity index (χ0) is 28.1. The van der Waals surface area contributed by atoms with Gasteiger partial charge in [-0.05, 0) is 50.1 Å². The number of amides is 2. The molecule has 1 saturated heterocycles. The highest BCUT2D eigenvalue weighted by atomic mass is 16.2. The van der Waals surface area contributed by atoms with E-state index in [1.54, 1.807) is 4.90 Å². The van der Waals surface area contributed by atoms with Crippen molar-refractivity contribution in [1.29, 1.82) is 0 Å².